The largest absolute Gasteiger partial charge is 0.490 e. The van der Waals surface area contributed by atoms with Gasteiger partial charge < -0.3 is 18.9 Å². The normalized spacial score (nSPS) is 11.7. The molecule has 0 fully saturated rings. The SMILES string of the molecule is CCCOc1ccc(C(=O)NNC(=O)c2ccc3c(c2)OCO3)cc1OCCC. The second-order valence-electron chi connectivity index (χ2n) is 6.33. The van der Waals surface area contributed by atoms with Crippen molar-refractivity contribution in [1.82, 2.24) is 10.9 Å². The zero-order valence-corrected chi connectivity index (χ0v) is 16.4. The Morgan fingerprint density at radius 2 is 1.41 bits per heavy atom. The van der Waals surface area contributed by atoms with Crippen molar-refractivity contribution in [3.63, 3.8) is 0 Å². The molecule has 1 aliphatic rings. The van der Waals surface area contributed by atoms with Crippen molar-refractivity contribution in [2.75, 3.05) is 20.0 Å². The fourth-order valence-corrected chi connectivity index (χ4v) is 2.60. The van der Waals surface area contributed by atoms with E-state index in [2.05, 4.69) is 10.9 Å². The summed E-state index contributed by atoms with van der Waals surface area (Å²) in [6, 6.07) is 9.70. The first-order valence-electron chi connectivity index (χ1n) is 9.52. The number of carbonyl (C=O) groups excluding carboxylic acids is 2. The molecule has 0 unspecified atom stereocenters. The molecule has 0 aliphatic carbocycles. The first kappa shape index (κ1) is 20.3. The number of benzene rings is 2. The number of hydrogen-bond acceptors (Lipinski definition) is 6. The Morgan fingerprint density at radius 1 is 0.828 bits per heavy atom. The van der Waals surface area contributed by atoms with Crippen LogP contribution in [-0.4, -0.2) is 31.8 Å². The average Bonchev–Trinajstić information content (AvgIpc) is 3.22. The van der Waals surface area contributed by atoms with Gasteiger partial charge in [-0.3, -0.25) is 20.4 Å². The summed E-state index contributed by atoms with van der Waals surface area (Å²) in [7, 11) is 0. The molecule has 8 nitrogen and oxygen atoms in total. The van der Waals surface area contributed by atoms with E-state index in [-0.39, 0.29) is 6.79 Å². The molecule has 1 heterocycles. The van der Waals surface area contributed by atoms with E-state index in [1.165, 1.54) is 0 Å². The minimum absolute atomic E-state index is 0.123. The second-order valence-corrected chi connectivity index (χ2v) is 6.33. The van der Waals surface area contributed by atoms with Crippen LogP contribution in [0, 0.1) is 0 Å². The predicted octanol–water partition coefficient (Wildman–Crippen LogP) is 3.07. The zero-order valence-electron chi connectivity index (χ0n) is 16.4. The molecule has 3 rings (SSSR count). The van der Waals surface area contributed by atoms with Crippen molar-refractivity contribution in [3.05, 3.63) is 47.5 Å². The summed E-state index contributed by atoms with van der Waals surface area (Å²) in [5.41, 5.74) is 5.47. The van der Waals surface area contributed by atoms with Gasteiger partial charge in [0.05, 0.1) is 13.2 Å². The Labute approximate surface area is 169 Å². The minimum Gasteiger partial charge on any atom is -0.490 e. The van der Waals surface area contributed by atoms with E-state index in [0.717, 1.165) is 12.8 Å². The number of amides is 2. The van der Waals surface area contributed by atoms with Crippen molar-refractivity contribution >= 4 is 11.8 Å². The van der Waals surface area contributed by atoms with Gasteiger partial charge in [0.2, 0.25) is 6.79 Å². The highest BCUT2D eigenvalue weighted by atomic mass is 16.7. The van der Waals surface area contributed by atoms with Gasteiger partial charge in [0.15, 0.2) is 23.0 Å². The number of hydrazine groups is 1. The summed E-state index contributed by atoms with van der Waals surface area (Å²) in [4.78, 5) is 24.7. The molecule has 0 bridgehead atoms. The number of fused-ring (bicyclic) bond motifs is 1. The van der Waals surface area contributed by atoms with Crippen LogP contribution < -0.4 is 29.8 Å². The Bertz CT molecular complexity index is 883. The molecule has 2 aromatic carbocycles. The van der Waals surface area contributed by atoms with E-state index >= 15 is 0 Å². The predicted molar refractivity (Wildman–Crippen MR) is 106 cm³/mol. The lowest BCUT2D eigenvalue weighted by molar-refractivity contribution is 0.0846. The monoisotopic (exact) mass is 400 g/mol. The van der Waals surface area contributed by atoms with Crippen LogP contribution in [-0.2, 0) is 0 Å². The summed E-state index contributed by atoms with van der Waals surface area (Å²) in [5, 5.41) is 0. The van der Waals surface area contributed by atoms with E-state index in [9.17, 15) is 9.59 Å². The summed E-state index contributed by atoms with van der Waals surface area (Å²) >= 11 is 0. The van der Waals surface area contributed by atoms with Gasteiger partial charge in [0.1, 0.15) is 0 Å². The third-order valence-corrected chi connectivity index (χ3v) is 4.05. The van der Waals surface area contributed by atoms with Crippen LogP contribution in [0.3, 0.4) is 0 Å². The van der Waals surface area contributed by atoms with Crippen LogP contribution in [0.25, 0.3) is 0 Å². The molecule has 1 aliphatic heterocycles. The molecule has 0 spiro atoms. The molecular weight excluding hydrogens is 376 g/mol. The van der Waals surface area contributed by atoms with E-state index < -0.39 is 11.8 Å². The van der Waals surface area contributed by atoms with Crippen LogP contribution in [0.4, 0.5) is 0 Å². The Kier molecular flexibility index (Phi) is 6.78. The fraction of sp³-hybridized carbons (Fsp3) is 0.333. The third kappa shape index (κ3) is 5.10. The number of nitrogens with one attached hydrogen (secondary N) is 2. The first-order chi connectivity index (χ1) is 14.1. The fourth-order valence-electron chi connectivity index (χ4n) is 2.60. The Balaban J connectivity index is 1.64. The molecule has 0 atom stereocenters. The summed E-state index contributed by atoms with van der Waals surface area (Å²) in [5.74, 6) is 1.21. The van der Waals surface area contributed by atoms with Crippen molar-refractivity contribution in [1.29, 1.82) is 0 Å². The van der Waals surface area contributed by atoms with Crippen LogP contribution in [0.15, 0.2) is 36.4 Å². The standard InChI is InChI=1S/C21H24N2O6/c1-3-9-26-16-7-5-14(11-18(16)27-10-4-2)20(24)22-23-21(25)15-6-8-17-19(12-15)29-13-28-17/h5-8,11-12H,3-4,9-10,13H2,1-2H3,(H,22,24)(H,23,25). The summed E-state index contributed by atoms with van der Waals surface area (Å²) in [6.07, 6.45) is 1.69. The molecule has 2 N–H and O–H groups in total. The van der Waals surface area contributed by atoms with E-state index in [4.69, 9.17) is 18.9 Å². The van der Waals surface area contributed by atoms with Gasteiger partial charge in [-0.25, -0.2) is 0 Å². The maximum Gasteiger partial charge on any atom is 0.269 e. The molecule has 154 valence electrons. The highest BCUT2D eigenvalue weighted by Crippen LogP contribution is 2.32. The van der Waals surface area contributed by atoms with Crippen LogP contribution >= 0.6 is 0 Å². The molecule has 0 radical (unpaired) electrons. The number of hydrogen-bond donors (Lipinski definition) is 2. The van der Waals surface area contributed by atoms with Gasteiger partial charge in [-0.15, -0.1) is 0 Å². The molecule has 8 heteroatoms. The lowest BCUT2D eigenvalue weighted by Crippen LogP contribution is -2.41. The van der Waals surface area contributed by atoms with Crippen LogP contribution in [0.2, 0.25) is 0 Å². The highest BCUT2D eigenvalue weighted by molar-refractivity contribution is 5.99. The molecule has 0 saturated carbocycles. The molecule has 0 aromatic heterocycles. The molecule has 29 heavy (non-hydrogen) atoms. The molecule has 2 amide bonds. The van der Waals surface area contributed by atoms with Crippen LogP contribution in [0.5, 0.6) is 23.0 Å². The first-order valence-corrected chi connectivity index (χ1v) is 9.52. The lowest BCUT2D eigenvalue weighted by atomic mass is 10.2. The number of ether oxygens (including phenoxy) is 4. The lowest BCUT2D eigenvalue weighted by Gasteiger charge is -2.14. The van der Waals surface area contributed by atoms with Crippen LogP contribution in [0.1, 0.15) is 47.4 Å². The number of carbonyl (C=O) groups is 2. The maximum absolute atomic E-state index is 12.5. The second kappa shape index (κ2) is 9.68. The van der Waals surface area contributed by atoms with Gasteiger partial charge in [-0.1, -0.05) is 13.8 Å². The van der Waals surface area contributed by atoms with Crippen molar-refractivity contribution in [2.45, 2.75) is 26.7 Å². The Hall–Kier alpha value is -3.42. The van der Waals surface area contributed by atoms with E-state index in [1.54, 1.807) is 36.4 Å². The molecule has 2 aromatic rings. The molecule has 0 saturated heterocycles. The highest BCUT2D eigenvalue weighted by Gasteiger charge is 2.17. The van der Waals surface area contributed by atoms with Gasteiger partial charge in [0, 0.05) is 11.1 Å². The smallest absolute Gasteiger partial charge is 0.269 e. The topological polar surface area (TPSA) is 95.1 Å². The average molecular weight is 400 g/mol. The minimum atomic E-state index is -0.470. The van der Waals surface area contributed by atoms with Gasteiger partial charge in [0.25, 0.3) is 11.8 Å². The third-order valence-electron chi connectivity index (χ3n) is 4.05. The van der Waals surface area contributed by atoms with Crippen molar-refractivity contribution in [2.24, 2.45) is 0 Å². The van der Waals surface area contributed by atoms with Crippen molar-refractivity contribution in [3.8, 4) is 23.0 Å². The van der Waals surface area contributed by atoms with Gasteiger partial charge in [-0.2, -0.15) is 0 Å². The number of rotatable bonds is 8. The Morgan fingerprint density at radius 3 is 2.10 bits per heavy atom. The quantitative estimate of drug-likeness (QED) is 0.662. The zero-order chi connectivity index (χ0) is 20.6. The van der Waals surface area contributed by atoms with E-state index in [1.807, 2.05) is 13.8 Å². The molecular formula is C21H24N2O6. The summed E-state index contributed by atoms with van der Waals surface area (Å²) in [6.45, 7) is 5.19. The van der Waals surface area contributed by atoms with E-state index in [0.29, 0.717) is 47.3 Å². The summed E-state index contributed by atoms with van der Waals surface area (Å²) < 4.78 is 21.8. The van der Waals surface area contributed by atoms with Gasteiger partial charge >= 0.3 is 0 Å². The van der Waals surface area contributed by atoms with Gasteiger partial charge in [-0.05, 0) is 49.2 Å². The van der Waals surface area contributed by atoms with Crippen molar-refractivity contribution < 1.29 is 28.5 Å². The maximum atomic E-state index is 12.5.